The SMILES string of the molecule is COc1cc2nc(N3CCC4(CC3)CC(Cc3c(-c5ccccc5C(F)(F)F)noc3C3CC3)C4)sc2cc1C(=O)O. The molecule has 3 aliphatic rings. The van der Waals surface area contributed by atoms with Gasteiger partial charge in [0.2, 0.25) is 0 Å². The molecule has 7 nitrogen and oxygen atoms in total. The Labute approximate surface area is 244 Å². The number of aromatic nitrogens is 2. The number of carbonyl (C=O) groups is 1. The van der Waals surface area contributed by atoms with E-state index in [1.54, 1.807) is 18.2 Å². The number of aromatic carboxylic acids is 1. The van der Waals surface area contributed by atoms with Crippen molar-refractivity contribution in [2.24, 2.45) is 11.3 Å². The van der Waals surface area contributed by atoms with Gasteiger partial charge in [-0.25, -0.2) is 9.78 Å². The Bertz CT molecular complexity index is 1660. The Morgan fingerprint density at radius 1 is 1.19 bits per heavy atom. The predicted molar refractivity (Wildman–Crippen MR) is 152 cm³/mol. The van der Waals surface area contributed by atoms with Gasteiger partial charge >= 0.3 is 12.1 Å². The number of thiazole rings is 1. The molecule has 42 heavy (non-hydrogen) atoms. The lowest BCUT2D eigenvalue weighted by Crippen LogP contribution is -2.47. The van der Waals surface area contributed by atoms with Crippen LogP contribution in [0, 0.1) is 11.3 Å². The fourth-order valence-electron chi connectivity index (χ4n) is 6.93. The molecule has 3 heterocycles. The Morgan fingerprint density at radius 2 is 1.93 bits per heavy atom. The summed E-state index contributed by atoms with van der Waals surface area (Å²) >= 11 is 1.49. The second-order valence-corrected chi connectivity index (χ2v) is 13.0. The van der Waals surface area contributed by atoms with Crippen LogP contribution < -0.4 is 9.64 Å². The molecule has 0 unspecified atom stereocenters. The van der Waals surface area contributed by atoms with E-state index in [2.05, 4.69) is 10.1 Å². The lowest BCUT2D eigenvalue weighted by molar-refractivity contribution is -0.137. The number of nitrogens with zero attached hydrogens (tertiary/aromatic N) is 3. The highest BCUT2D eigenvalue weighted by molar-refractivity contribution is 7.22. The number of carboxylic acids is 1. The van der Waals surface area contributed by atoms with Crippen LogP contribution in [0.5, 0.6) is 5.75 Å². The van der Waals surface area contributed by atoms with Crippen molar-refractivity contribution in [3.8, 4) is 17.0 Å². The molecule has 4 aromatic rings. The van der Waals surface area contributed by atoms with Gasteiger partial charge in [0.25, 0.3) is 0 Å². The van der Waals surface area contributed by atoms with Gasteiger partial charge in [-0.05, 0) is 68.4 Å². The molecule has 1 spiro atoms. The minimum Gasteiger partial charge on any atom is -0.496 e. The second-order valence-electron chi connectivity index (χ2n) is 12.0. The summed E-state index contributed by atoms with van der Waals surface area (Å²) in [4.78, 5) is 18.7. The Hall–Kier alpha value is -3.60. The number of anilines is 1. The average Bonchev–Trinajstić information content (AvgIpc) is 3.57. The highest BCUT2D eigenvalue weighted by atomic mass is 32.1. The van der Waals surface area contributed by atoms with Crippen LogP contribution in [0.15, 0.2) is 40.9 Å². The average molecular weight is 598 g/mol. The molecule has 7 rings (SSSR count). The van der Waals surface area contributed by atoms with E-state index in [0.29, 0.717) is 23.8 Å². The maximum Gasteiger partial charge on any atom is 0.417 e. The van der Waals surface area contributed by atoms with Crippen molar-refractivity contribution in [1.29, 1.82) is 0 Å². The summed E-state index contributed by atoms with van der Waals surface area (Å²) in [5.74, 6) is 0.686. The van der Waals surface area contributed by atoms with Gasteiger partial charge in [-0.15, -0.1) is 0 Å². The van der Waals surface area contributed by atoms with Crippen LogP contribution in [0.2, 0.25) is 0 Å². The normalized spacial score (nSPS) is 18.9. The number of rotatable bonds is 7. The molecule has 0 amide bonds. The van der Waals surface area contributed by atoms with Crippen molar-refractivity contribution < 1.29 is 32.3 Å². The molecule has 1 N–H and O–H groups in total. The van der Waals surface area contributed by atoms with E-state index in [1.807, 2.05) is 0 Å². The minimum absolute atomic E-state index is 0.0990. The number of hydrogen-bond acceptors (Lipinski definition) is 7. The molecule has 2 aromatic carbocycles. The first-order valence-electron chi connectivity index (χ1n) is 14.3. The van der Waals surface area contributed by atoms with Gasteiger partial charge in [-0.3, -0.25) is 0 Å². The fraction of sp³-hybridized carbons (Fsp3) is 0.452. The summed E-state index contributed by atoms with van der Waals surface area (Å²) < 4.78 is 53.2. The summed E-state index contributed by atoms with van der Waals surface area (Å²) in [6, 6.07) is 8.96. The summed E-state index contributed by atoms with van der Waals surface area (Å²) in [6.45, 7) is 1.72. The summed E-state index contributed by atoms with van der Waals surface area (Å²) in [5.41, 5.74) is 1.72. The molecule has 11 heteroatoms. The number of fused-ring (bicyclic) bond motifs is 1. The smallest absolute Gasteiger partial charge is 0.417 e. The third-order valence-corrected chi connectivity index (χ3v) is 10.3. The molecular weight excluding hydrogens is 567 g/mol. The van der Waals surface area contributed by atoms with Crippen molar-refractivity contribution in [3.05, 3.63) is 58.8 Å². The Morgan fingerprint density at radius 3 is 2.60 bits per heavy atom. The second kappa shape index (κ2) is 10.00. The largest absolute Gasteiger partial charge is 0.496 e. The van der Waals surface area contributed by atoms with Crippen LogP contribution >= 0.6 is 11.3 Å². The Kier molecular flexibility index (Phi) is 6.49. The van der Waals surface area contributed by atoms with Crippen molar-refractivity contribution >= 4 is 32.7 Å². The van der Waals surface area contributed by atoms with Crippen LogP contribution in [0.4, 0.5) is 18.3 Å². The third kappa shape index (κ3) is 4.81. The first-order chi connectivity index (χ1) is 20.1. The monoisotopic (exact) mass is 597 g/mol. The van der Waals surface area contributed by atoms with Crippen LogP contribution in [-0.2, 0) is 12.6 Å². The van der Waals surface area contributed by atoms with E-state index in [4.69, 9.17) is 14.2 Å². The molecule has 2 aliphatic carbocycles. The molecule has 3 fully saturated rings. The maximum atomic E-state index is 13.8. The van der Waals surface area contributed by atoms with Gasteiger partial charge in [0.1, 0.15) is 22.8 Å². The molecule has 2 saturated carbocycles. The zero-order chi connectivity index (χ0) is 29.2. The zero-order valence-electron chi connectivity index (χ0n) is 23.0. The van der Waals surface area contributed by atoms with Crippen molar-refractivity contribution in [2.45, 2.75) is 57.0 Å². The van der Waals surface area contributed by atoms with E-state index in [9.17, 15) is 23.1 Å². The predicted octanol–water partition coefficient (Wildman–Crippen LogP) is 7.79. The molecule has 0 radical (unpaired) electrons. The number of piperidine rings is 1. The first-order valence-corrected chi connectivity index (χ1v) is 15.1. The van der Waals surface area contributed by atoms with Gasteiger partial charge in [0.15, 0.2) is 5.13 Å². The molecule has 0 bridgehead atoms. The number of alkyl halides is 3. The van der Waals surface area contributed by atoms with E-state index in [0.717, 1.165) is 84.4 Å². The van der Waals surface area contributed by atoms with Crippen LogP contribution in [0.25, 0.3) is 21.5 Å². The standard InChI is InChI=1S/C31H30F3N3O4S/c1-40-24-14-23-25(13-20(24)28(38)39)42-29(35-23)37-10-8-30(9-11-37)15-17(16-30)12-21-26(36-41-27(21)18-6-7-18)19-4-2-3-5-22(19)31(32,33)34/h2-5,13-14,17-18H,6-12,15-16H2,1H3,(H,38,39). The van der Waals surface area contributed by atoms with Gasteiger partial charge in [0, 0.05) is 36.2 Å². The topological polar surface area (TPSA) is 88.7 Å². The van der Waals surface area contributed by atoms with E-state index in [-0.39, 0.29) is 22.5 Å². The molecule has 1 saturated heterocycles. The van der Waals surface area contributed by atoms with Gasteiger partial charge < -0.3 is 19.3 Å². The quantitative estimate of drug-likeness (QED) is 0.233. The van der Waals surface area contributed by atoms with E-state index >= 15 is 0 Å². The molecule has 1 aliphatic heterocycles. The zero-order valence-corrected chi connectivity index (χ0v) is 23.9. The van der Waals surface area contributed by atoms with Crippen LogP contribution in [-0.4, -0.2) is 41.4 Å². The molecule has 0 atom stereocenters. The number of halogens is 3. The third-order valence-electron chi connectivity index (χ3n) is 9.21. The molecule has 2 aromatic heterocycles. The highest BCUT2D eigenvalue weighted by Crippen LogP contribution is 2.56. The van der Waals surface area contributed by atoms with Gasteiger partial charge in [-0.2, -0.15) is 13.2 Å². The lowest BCUT2D eigenvalue weighted by Gasteiger charge is -2.52. The van der Waals surface area contributed by atoms with Gasteiger partial charge in [0.05, 0.1) is 22.9 Å². The fourth-order valence-corrected chi connectivity index (χ4v) is 7.96. The van der Waals surface area contributed by atoms with Crippen LogP contribution in [0.1, 0.15) is 71.7 Å². The number of carboxylic acid groups (broad SMARTS) is 1. The summed E-state index contributed by atoms with van der Waals surface area (Å²) in [7, 11) is 1.45. The highest BCUT2D eigenvalue weighted by Gasteiger charge is 2.47. The number of benzene rings is 2. The first kappa shape index (κ1) is 27.2. The van der Waals surface area contributed by atoms with Crippen molar-refractivity contribution in [1.82, 2.24) is 10.1 Å². The summed E-state index contributed by atoms with van der Waals surface area (Å²) in [5, 5.41) is 14.6. The minimum atomic E-state index is -4.46. The number of ether oxygens (including phenoxy) is 1. The van der Waals surface area contributed by atoms with Crippen molar-refractivity contribution in [3.63, 3.8) is 0 Å². The van der Waals surface area contributed by atoms with E-state index in [1.165, 1.54) is 30.6 Å². The number of hydrogen-bond donors (Lipinski definition) is 1. The number of methoxy groups -OCH3 is 1. The van der Waals surface area contributed by atoms with Crippen molar-refractivity contribution in [2.75, 3.05) is 25.1 Å². The Balaban J connectivity index is 1.05. The lowest BCUT2D eigenvalue weighted by atomic mass is 9.56. The van der Waals surface area contributed by atoms with E-state index < -0.39 is 17.7 Å². The van der Waals surface area contributed by atoms with Gasteiger partial charge in [-0.1, -0.05) is 34.7 Å². The van der Waals surface area contributed by atoms with Crippen LogP contribution in [0.3, 0.4) is 0 Å². The summed E-state index contributed by atoms with van der Waals surface area (Å²) in [6.07, 6.45) is 2.32. The molecular formula is C31H30F3N3O4S. The molecule has 220 valence electrons. The maximum absolute atomic E-state index is 13.8.